The van der Waals surface area contributed by atoms with Crippen molar-refractivity contribution in [2.75, 3.05) is 26.2 Å². The van der Waals surface area contributed by atoms with Crippen LogP contribution in [0.1, 0.15) is 23.4 Å². The molecule has 1 fully saturated rings. The zero-order valence-corrected chi connectivity index (χ0v) is 17.0. The molecular weight excluding hydrogens is 396 g/mol. The zero-order chi connectivity index (χ0) is 21.6. The molecule has 2 heterocycles. The van der Waals surface area contributed by atoms with E-state index in [1.807, 2.05) is 24.3 Å². The number of benzene rings is 2. The van der Waals surface area contributed by atoms with Crippen LogP contribution in [-0.2, 0) is 13.1 Å². The van der Waals surface area contributed by atoms with E-state index >= 15 is 0 Å². The minimum absolute atomic E-state index is 0.00118. The highest BCUT2D eigenvalue weighted by atomic mass is 16.6. The number of rotatable bonds is 6. The van der Waals surface area contributed by atoms with Gasteiger partial charge in [0.1, 0.15) is 0 Å². The Labute approximate surface area is 179 Å². The molecule has 9 nitrogen and oxygen atoms in total. The van der Waals surface area contributed by atoms with Gasteiger partial charge in [-0.15, -0.1) is 0 Å². The molecule has 0 unspecified atom stereocenters. The van der Waals surface area contributed by atoms with Crippen LogP contribution >= 0.6 is 0 Å². The summed E-state index contributed by atoms with van der Waals surface area (Å²) in [6.45, 7) is 5.14. The molecule has 1 aromatic heterocycles. The predicted octanol–water partition coefficient (Wildman–Crippen LogP) is 3.22. The molecule has 0 saturated carbocycles. The summed E-state index contributed by atoms with van der Waals surface area (Å²) in [6.07, 6.45) is 1.03. The van der Waals surface area contributed by atoms with E-state index in [2.05, 4.69) is 26.0 Å². The summed E-state index contributed by atoms with van der Waals surface area (Å²) < 4.78 is 5.39. The lowest BCUT2D eigenvalue weighted by atomic mass is 10.1. The van der Waals surface area contributed by atoms with Crippen LogP contribution in [0.4, 0.5) is 5.69 Å². The van der Waals surface area contributed by atoms with Crippen molar-refractivity contribution < 1.29 is 9.45 Å². The van der Waals surface area contributed by atoms with E-state index in [0.717, 1.165) is 39.1 Å². The maximum Gasteiger partial charge on any atom is 0.270 e. The standard InChI is InChI=1S/C22H22N6O3/c23-14-17-5-7-18(8-6-17)15-26-9-2-10-27(12-11-26)16-21-24-22(25-31-21)19-3-1-4-20(13-19)28(29)30/h1,3-8,13H,2,9-12,15-16H2. The van der Waals surface area contributed by atoms with Crippen LogP contribution in [0.3, 0.4) is 0 Å². The molecule has 1 aliphatic heterocycles. The van der Waals surface area contributed by atoms with Crippen molar-refractivity contribution in [3.63, 3.8) is 0 Å². The summed E-state index contributed by atoms with van der Waals surface area (Å²) in [4.78, 5) is 19.6. The Morgan fingerprint density at radius 1 is 1.06 bits per heavy atom. The highest BCUT2D eigenvalue weighted by molar-refractivity contribution is 5.58. The number of non-ortho nitro benzene ring substituents is 1. The summed E-state index contributed by atoms with van der Waals surface area (Å²) >= 11 is 0. The zero-order valence-electron chi connectivity index (χ0n) is 17.0. The summed E-state index contributed by atoms with van der Waals surface area (Å²) in [5.74, 6) is 0.859. The molecule has 0 radical (unpaired) electrons. The first-order valence-corrected chi connectivity index (χ1v) is 10.1. The molecule has 0 aliphatic carbocycles. The first-order valence-electron chi connectivity index (χ1n) is 10.1. The Bertz CT molecular complexity index is 1090. The van der Waals surface area contributed by atoms with E-state index in [9.17, 15) is 10.1 Å². The molecule has 4 rings (SSSR count). The number of nitrogens with zero attached hydrogens (tertiary/aromatic N) is 6. The van der Waals surface area contributed by atoms with Gasteiger partial charge in [0.15, 0.2) is 0 Å². The predicted molar refractivity (Wildman–Crippen MR) is 113 cm³/mol. The number of aromatic nitrogens is 2. The average molecular weight is 418 g/mol. The summed E-state index contributed by atoms with van der Waals surface area (Å²) in [6, 6.07) is 16.1. The van der Waals surface area contributed by atoms with E-state index < -0.39 is 4.92 Å². The molecule has 2 aromatic carbocycles. The van der Waals surface area contributed by atoms with E-state index in [1.165, 1.54) is 17.7 Å². The molecule has 0 bridgehead atoms. The van der Waals surface area contributed by atoms with Crippen molar-refractivity contribution in [1.29, 1.82) is 5.26 Å². The molecule has 0 N–H and O–H groups in total. The molecule has 3 aromatic rings. The van der Waals surface area contributed by atoms with Crippen molar-refractivity contribution in [3.05, 3.63) is 75.7 Å². The second-order valence-corrected chi connectivity index (χ2v) is 7.53. The van der Waals surface area contributed by atoms with Gasteiger partial charge in [-0.05, 0) is 37.2 Å². The second-order valence-electron chi connectivity index (χ2n) is 7.53. The van der Waals surface area contributed by atoms with Gasteiger partial charge in [0.25, 0.3) is 5.69 Å². The van der Waals surface area contributed by atoms with Crippen LogP contribution in [0, 0.1) is 21.4 Å². The summed E-state index contributed by atoms with van der Waals surface area (Å²) in [5.41, 5.74) is 2.44. The topological polar surface area (TPSA) is 112 Å². The van der Waals surface area contributed by atoms with E-state index in [-0.39, 0.29) is 5.69 Å². The van der Waals surface area contributed by atoms with Gasteiger partial charge in [-0.3, -0.25) is 19.9 Å². The van der Waals surface area contributed by atoms with E-state index in [4.69, 9.17) is 9.78 Å². The van der Waals surface area contributed by atoms with Crippen LogP contribution in [-0.4, -0.2) is 51.0 Å². The number of hydrogen-bond acceptors (Lipinski definition) is 8. The van der Waals surface area contributed by atoms with Gasteiger partial charge in [0, 0.05) is 37.3 Å². The quantitative estimate of drug-likeness (QED) is 0.443. The van der Waals surface area contributed by atoms with Gasteiger partial charge in [0.2, 0.25) is 11.7 Å². The highest BCUT2D eigenvalue weighted by Gasteiger charge is 2.19. The largest absolute Gasteiger partial charge is 0.338 e. The first-order chi connectivity index (χ1) is 15.1. The number of hydrogen-bond donors (Lipinski definition) is 0. The fourth-order valence-electron chi connectivity index (χ4n) is 3.67. The van der Waals surface area contributed by atoms with Gasteiger partial charge in [0.05, 0.1) is 23.1 Å². The molecule has 0 atom stereocenters. The molecule has 1 saturated heterocycles. The fourth-order valence-corrected chi connectivity index (χ4v) is 3.67. The van der Waals surface area contributed by atoms with Gasteiger partial charge in [-0.1, -0.05) is 29.4 Å². The molecule has 0 amide bonds. The van der Waals surface area contributed by atoms with Crippen molar-refractivity contribution in [1.82, 2.24) is 19.9 Å². The first kappa shape index (κ1) is 20.7. The lowest BCUT2D eigenvalue weighted by molar-refractivity contribution is -0.384. The Morgan fingerprint density at radius 2 is 1.81 bits per heavy atom. The van der Waals surface area contributed by atoms with Crippen LogP contribution in [0.2, 0.25) is 0 Å². The van der Waals surface area contributed by atoms with Gasteiger partial charge < -0.3 is 4.52 Å². The number of nitro groups is 1. The summed E-state index contributed by atoms with van der Waals surface area (Å²) in [5, 5.41) is 23.9. The third-order valence-corrected chi connectivity index (χ3v) is 5.31. The number of nitriles is 1. The Balaban J connectivity index is 1.34. The van der Waals surface area contributed by atoms with Crippen molar-refractivity contribution in [2.24, 2.45) is 0 Å². The molecular formula is C22H22N6O3. The second kappa shape index (κ2) is 9.47. The third-order valence-electron chi connectivity index (χ3n) is 5.31. The number of nitro benzene ring substituents is 1. The third kappa shape index (κ3) is 5.31. The minimum Gasteiger partial charge on any atom is -0.338 e. The molecule has 31 heavy (non-hydrogen) atoms. The Hall–Kier alpha value is -3.61. The maximum atomic E-state index is 11.0. The Morgan fingerprint density at radius 3 is 2.52 bits per heavy atom. The lowest BCUT2D eigenvalue weighted by Crippen LogP contribution is -2.30. The average Bonchev–Trinajstić information content (AvgIpc) is 3.15. The molecule has 158 valence electrons. The molecule has 9 heteroatoms. The normalized spacial score (nSPS) is 15.3. The van der Waals surface area contributed by atoms with Crippen LogP contribution in [0.15, 0.2) is 53.1 Å². The SMILES string of the molecule is N#Cc1ccc(CN2CCCN(Cc3nc(-c4cccc([N+](=O)[O-])c4)no3)CC2)cc1. The van der Waals surface area contributed by atoms with Crippen molar-refractivity contribution >= 4 is 5.69 Å². The van der Waals surface area contributed by atoms with Gasteiger partial charge in [-0.25, -0.2) is 0 Å². The van der Waals surface area contributed by atoms with Crippen LogP contribution in [0.25, 0.3) is 11.4 Å². The van der Waals surface area contributed by atoms with Crippen molar-refractivity contribution in [3.8, 4) is 17.5 Å². The fraction of sp³-hybridized carbons (Fsp3) is 0.318. The Kier molecular flexibility index (Phi) is 6.31. The van der Waals surface area contributed by atoms with Crippen LogP contribution < -0.4 is 0 Å². The molecule has 0 spiro atoms. The lowest BCUT2D eigenvalue weighted by Gasteiger charge is -2.21. The van der Waals surface area contributed by atoms with Crippen molar-refractivity contribution in [2.45, 2.75) is 19.5 Å². The molecule has 1 aliphatic rings. The van der Waals surface area contributed by atoms with Gasteiger partial charge >= 0.3 is 0 Å². The maximum absolute atomic E-state index is 11.0. The van der Waals surface area contributed by atoms with Gasteiger partial charge in [-0.2, -0.15) is 10.2 Å². The minimum atomic E-state index is -0.439. The summed E-state index contributed by atoms with van der Waals surface area (Å²) in [7, 11) is 0. The van der Waals surface area contributed by atoms with E-state index in [1.54, 1.807) is 12.1 Å². The van der Waals surface area contributed by atoms with Crippen LogP contribution in [0.5, 0.6) is 0 Å². The smallest absolute Gasteiger partial charge is 0.270 e. The monoisotopic (exact) mass is 418 g/mol. The highest BCUT2D eigenvalue weighted by Crippen LogP contribution is 2.22. The van der Waals surface area contributed by atoms with E-state index in [0.29, 0.717) is 29.4 Å².